The number of nitrogens with zero attached hydrogens (tertiary/aromatic N) is 1. The molecule has 1 heterocycles. The fraction of sp³-hybridized carbons (Fsp3) is 0.150. The molecule has 0 N–H and O–H groups in total. The van der Waals surface area contributed by atoms with Gasteiger partial charge in [-0.2, -0.15) is 0 Å². The van der Waals surface area contributed by atoms with E-state index in [1.54, 1.807) is 31.3 Å². The summed E-state index contributed by atoms with van der Waals surface area (Å²) in [5.74, 6) is 0.255. The molecule has 0 aliphatic carbocycles. The zero-order chi connectivity index (χ0) is 17.6. The number of hydrogen-bond acceptors (Lipinski definition) is 3. The fourth-order valence-corrected chi connectivity index (χ4v) is 2.44. The number of hydrogen-bond donors (Lipinski definition) is 0. The number of para-hydroxylation sites is 1. The van der Waals surface area contributed by atoms with Crippen LogP contribution in [0.1, 0.15) is 21.7 Å². The van der Waals surface area contributed by atoms with Gasteiger partial charge in [0.25, 0.3) is 5.91 Å². The summed E-state index contributed by atoms with van der Waals surface area (Å²) in [5.41, 5.74) is 1.10. The largest absolute Gasteiger partial charge is 0.489 e. The number of halogens is 1. The van der Waals surface area contributed by atoms with E-state index in [9.17, 15) is 9.18 Å². The van der Waals surface area contributed by atoms with E-state index in [0.717, 1.165) is 0 Å². The van der Waals surface area contributed by atoms with Gasteiger partial charge in [0.15, 0.2) is 5.76 Å². The number of ether oxygens (including phenoxy) is 1. The van der Waals surface area contributed by atoms with E-state index < -0.39 is 0 Å². The maximum atomic E-state index is 13.8. The lowest BCUT2D eigenvalue weighted by atomic mass is 10.2. The number of rotatable bonds is 6. The van der Waals surface area contributed by atoms with Crippen molar-refractivity contribution < 1.29 is 18.3 Å². The summed E-state index contributed by atoms with van der Waals surface area (Å²) in [4.78, 5) is 14.0. The molecule has 25 heavy (non-hydrogen) atoms. The van der Waals surface area contributed by atoms with Gasteiger partial charge in [-0.25, -0.2) is 4.39 Å². The van der Waals surface area contributed by atoms with E-state index in [0.29, 0.717) is 16.9 Å². The van der Waals surface area contributed by atoms with E-state index in [1.165, 1.54) is 17.2 Å². The summed E-state index contributed by atoms with van der Waals surface area (Å²) in [6.07, 6.45) is 1.45. The molecule has 4 nitrogen and oxygen atoms in total. The zero-order valence-corrected chi connectivity index (χ0v) is 13.8. The van der Waals surface area contributed by atoms with E-state index in [4.69, 9.17) is 9.15 Å². The van der Waals surface area contributed by atoms with Gasteiger partial charge in [-0.1, -0.05) is 36.4 Å². The van der Waals surface area contributed by atoms with Gasteiger partial charge in [0.05, 0.1) is 6.26 Å². The molecule has 0 atom stereocenters. The number of carbonyl (C=O) groups excluding carboxylic acids is 1. The first kappa shape index (κ1) is 16.8. The highest BCUT2D eigenvalue weighted by Crippen LogP contribution is 2.18. The highest BCUT2D eigenvalue weighted by molar-refractivity contribution is 5.92. The Hall–Kier alpha value is -3.08. The minimum Gasteiger partial charge on any atom is -0.489 e. The molecule has 0 aliphatic rings. The predicted molar refractivity (Wildman–Crippen MR) is 91.7 cm³/mol. The van der Waals surface area contributed by atoms with Crippen LogP contribution in [-0.2, 0) is 13.2 Å². The molecule has 0 saturated carbocycles. The Balaban J connectivity index is 1.68. The molecule has 1 aromatic heterocycles. The molecule has 128 valence electrons. The Morgan fingerprint density at radius 1 is 1.04 bits per heavy atom. The van der Waals surface area contributed by atoms with Crippen LogP contribution in [0.25, 0.3) is 0 Å². The minimum absolute atomic E-state index is 0.158. The summed E-state index contributed by atoms with van der Waals surface area (Å²) in [5, 5.41) is 0. The molecule has 0 aliphatic heterocycles. The van der Waals surface area contributed by atoms with Crippen molar-refractivity contribution in [2.75, 3.05) is 7.05 Å². The molecule has 0 bridgehead atoms. The Bertz CT molecular complexity index is 845. The summed E-state index contributed by atoms with van der Waals surface area (Å²) in [6, 6.07) is 17.4. The Kier molecular flexibility index (Phi) is 5.14. The number of benzene rings is 2. The van der Waals surface area contributed by atoms with Crippen molar-refractivity contribution in [3.8, 4) is 5.75 Å². The van der Waals surface area contributed by atoms with Gasteiger partial charge in [0.1, 0.15) is 18.2 Å². The third-order valence-electron chi connectivity index (χ3n) is 3.79. The highest BCUT2D eigenvalue weighted by Gasteiger charge is 2.20. The maximum Gasteiger partial charge on any atom is 0.290 e. The van der Waals surface area contributed by atoms with E-state index in [-0.39, 0.29) is 30.6 Å². The molecule has 2 aromatic carbocycles. The standard InChI is InChI=1S/C20H18FNO3/c1-22(13-15-7-5-6-10-18(15)21)20(23)19-16(11-12-24-19)14-25-17-8-3-2-4-9-17/h2-12H,13-14H2,1H3. The molecule has 0 saturated heterocycles. The lowest BCUT2D eigenvalue weighted by Gasteiger charge is -2.17. The normalized spacial score (nSPS) is 10.5. The third kappa shape index (κ3) is 4.07. The minimum atomic E-state index is -0.339. The smallest absolute Gasteiger partial charge is 0.290 e. The number of amides is 1. The second-order valence-corrected chi connectivity index (χ2v) is 5.63. The molecular formula is C20H18FNO3. The van der Waals surface area contributed by atoms with Crippen molar-refractivity contribution >= 4 is 5.91 Å². The first-order valence-electron chi connectivity index (χ1n) is 7.88. The molecule has 0 unspecified atom stereocenters. The molecule has 1 amide bonds. The van der Waals surface area contributed by atoms with Crippen LogP contribution in [0.4, 0.5) is 4.39 Å². The van der Waals surface area contributed by atoms with Gasteiger partial charge in [-0.05, 0) is 24.3 Å². The lowest BCUT2D eigenvalue weighted by molar-refractivity contribution is 0.0748. The zero-order valence-electron chi connectivity index (χ0n) is 13.8. The third-order valence-corrected chi connectivity index (χ3v) is 3.79. The van der Waals surface area contributed by atoms with Crippen LogP contribution >= 0.6 is 0 Å². The van der Waals surface area contributed by atoms with Crippen molar-refractivity contribution in [3.63, 3.8) is 0 Å². The second kappa shape index (κ2) is 7.66. The maximum absolute atomic E-state index is 13.8. The summed E-state index contributed by atoms with van der Waals surface area (Å²) < 4.78 is 24.8. The summed E-state index contributed by atoms with van der Waals surface area (Å²) >= 11 is 0. The monoisotopic (exact) mass is 339 g/mol. The Morgan fingerprint density at radius 2 is 1.76 bits per heavy atom. The van der Waals surface area contributed by atoms with Crippen LogP contribution in [0, 0.1) is 5.82 Å². The van der Waals surface area contributed by atoms with Crippen LogP contribution in [0.5, 0.6) is 5.75 Å². The number of carbonyl (C=O) groups is 1. The highest BCUT2D eigenvalue weighted by atomic mass is 19.1. The summed E-state index contributed by atoms with van der Waals surface area (Å²) in [6.45, 7) is 0.375. The van der Waals surface area contributed by atoms with E-state index >= 15 is 0 Å². The van der Waals surface area contributed by atoms with Crippen molar-refractivity contribution in [1.29, 1.82) is 0 Å². The molecule has 0 fully saturated rings. The molecule has 3 rings (SSSR count). The van der Waals surface area contributed by atoms with Gasteiger partial charge in [-0.3, -0.25) is 4.79 Å². The first-order chi connectivity index (χ1) is 12.1. The molecule has 5 heteroatoms. The van der Waals surface area contributed by atoms with Gasteiger partial charge in [0.2, 0.25) is 0 Å². The average Bonchev–Trinajstić information content (AvgIpc) is 3.10. The topological polar surface area (TPSA) is 42.7 Å². The van der Waals surface area contributed by atoms with Gasteiger partial charge in [-0.15, -0.1) is 0 Å². The predicted octanol–water partition coefficient (Wildman–Crippen LogP) is 4.27. The summed E-state index contributed by atoms with van der Waals surface area (Å²) in [7, 11) is 1.61. The van der Waals surface area contributed by atoms with E-state index in [2.05, 4.69) is 0 Å². The lowest BCUT2D eigenvalue weighted by Crippen LogP contribution is -2.27. The van der Waals surface area contributed by atoms with Crippen molar-refractivity contribution in [3.05, 3.63) is 89.6 Å². The van der Waals surface area contributed by atoms with Gasteiger partial charge >= 0.3 is 0 Å². The first-order valence-corrected chi connectivity index (χ1v) is 7.88. The van der Waals surface area contributed by atoms with Crippen molar-refractivity contribution in [1.82, 2.24) is 4.90 Å². The number of furan rings is 1. The van der Waals surface area contributed by atoms with E-state index in [1.807, 2.05) is 30.3 Å². The Labute approximate surface area is 145 Å². The second-order valence-electron chi connectivity index (χ2n) is 5.63. The molecule has 0 radical (unpaired) electrons. The fourth-order valence-electron chi connectivity index (χ4n) is 2.44. The van der Waals surface area contributed by atoms with Gasteiger partial charge < -0.3 is 14.1 Å². The van der Waals surface area contributed by atoms with Crippen LogP contribution in [0.15, 0.2) is 71.3 Å². The quantitative estimate of drug-likeness (QED) is 0.673. The Morgan fingerprint density at radius 3 is 2.52 bits per heavy atom. The van der Waals surface area contributed by atoms with Gasteiger partial charge in [0, 0.05) is 24.7 Å². The van der Waals surface area contributed by atoms with Crippen LogP contribution < -0.4 is 4.74 Å². The average molecular weight is 339 g/mol. The van der Waals surface area contributed by atoms with Crippen molar-refractivity contribution in [2.24, 2.45) is 0 Å². The van der Waals surface area contributed by atoms with Crippen LogP contribution in [-0.4, -0.2) is 17.9 Å². The van der Waals surface area contributed by atoms with Crippen LogP contribution in [0.3, 0.4) is 0 Å². The van der Waals surface area contributed by atoms with Crippen LogP contribution in [0.2, 0.25) is 0 Å². The molecule has 0 spiro atoms. The molecular weight excluding hydrogens is 321 g/mol. The van der Waals surface area contributed by atoms with Crippen molar-refractivity contribution in [2.45, 2.75) is 13.2 Å². The molecule has 3 aromatic rings. The SMILES string of the molecule is CN(Cc1ccccc1F)C(=O)c1occc1COc1ccccc1.